The van der Waals surface area contributed by atoms with E-state index >= 15 is 0 Å². The summed E-state index contributed by atoms with van der Waals surface area (Å²) in [4.78, 5) is 18.2. The highest BCUT2D eigenvalue weighted by atomic mass is 16.4. The Balaban J connectivity index is 0. The maximum absolute atomic E-state index is 9.10. The van der Waals surface area contributed by atoms with E-state index in [2.05, 4.69) is 6.92 Å². The summed E-state index contributed by atoms with van der Waals surface area (Å²) in [6.45, 7) is 2.48. The Kier molecular flexibility index (Phi) is 11.1. The van der Waals surface area contributed by atoms with E-state index in [9.17, 15) is 0 Å². The number of aliphatic hydroxyl groups excluding tert-OH is 1. The summed E-state index contributed by atoms with van der Waals surface area (Å²) in [6, 6.07) is 0. The highest BCUT2D eigenvalue weighted by Crippen LogP contribution is 1.89. The first-order valence-electron chi connectivity index (χ1n) is 3.63. The second-order valence-electron chi connectivity index (χ2n) is 2.04. The van der Waals surface area contributed by atoms with Crippen LogP contribution in [0.15, 0.2) is 0 Å². The highest BCUT2D eigenvalue weighted by molar-refractivity contribution is 6.27. The molecule has 0 radical (unpaired) electrons. The molecule has 0 aliphatic carbocycles. The van der Waals surface area contributed by atoms with Gasteiger partial charge < -0.3 is 15.3 Å². The van der Waals surface area contributed by atoms with E-state index in [1.54, 1.807) is 0 Å². The summed E-state index contributed by atoms with van der Waals surface area (Å²) in [5, 5.41) is 23.0. The minimum Gasteiger partial charge on any atom is -0.473 e. The SMILES string of the molecule is CCCCCO.O=C(O)C(=O)O. The van der Waals surface area contributed by atoms with Crippen LogP contribution >= 0.6 is 0 Å². The van der Waals surface area contributed by atoms with Gasteiger partial charge in [0, 0.05) is 6.61 Å². The van der Waals surface area contributed by atoms with Crippen molar-refractivity contribution in [2.24, 2.45) is 0 Å². The number of aliphatic carboxylic acids is 2. The number of carboxylic acids is 2. The monoisotopic (exact) mass is 178 g/mol. The van der Waals surface area contributed by atoms with Crippen molar-refractivity contribution in [1.29, 1.82) is 0 Å². The van der Waals surface area contributed by atoms with Crippen LogP contribution in [0, 0.1) is 0 Å². The predicted molar refractivity (Wildman–Crippen MR) is 41.9 cm³/mol. The molecular weight excluding hydrogens is 164 g/mol. The summed E-state index contributed by atoms with van der Waals surface area (Å²) < 4.78 is 0. The molecule has 0 fully saturated rings. The number of unbranched alkanes of at least 4 members (excludes halogenated alkanes) is 2. The smallest absolute Gasteiger partial charge is 0.414 e. The van der Waals surface area contributed by atoms with Crippen molar-refractivity contribution < 1.29 is 24.9 Å². The van der Waals surface area contributed by atoms with Crippen molar-refractivity contribution in [3.8, 4) is 0 Å². The Hall–Kier alpha value is -1.10. The Morgan fingerprint density at radius 1 is 1.08 bits per heavy atom. The molecule has 0 aliphatic rings. The molecule has 12 heavy (non-hydrogen) atoms. The topological polar surface area (TPSA) is 94.8 Å². The maximum Gasteiger partial charge on any atom is 0.414 e. The molecule has 0 saturated heterocycles. The van der Waals surface area contributed by atoms with Crippen molar-refractivity contribution >= 4 is 11.9 Å². The first kappa shape index (κ1) is 13.5. The van der Waals surface area contributed by atoms with Crippen molar-refractivity contribution in [2.45, 2.75) is 26.2 Å². The van der Waals surface area contributed by atoms with Gasteiger partial charge in [-0.3, -0.25) is 0 Å². The highest BCUT2D eigenvalue weighted by Gasteiger charge is 2.04. The van der Waals surface area contributed by atoms with Crippen LogP contribution in [0.3, 0.4) is 0 Å². The van der Waals surface area contributed by atoms with Crippen LogP contribution in [-0.2, 0) is 9.59 Å². The average Bonchev–Trinajstić information content (AvgIpc) is 2.02. The van der Waals surface area contributed by atoms with Crippen LogP contribution in [0.5, 0.6) is 0 Å². The predicted octanol–water partition coefficient (Wildman–Crippen LogP) is 0.324. The Morgan fingerprint density at radius 3 is 1.58 bits per heavy atom. The minimum atomic E-state index is -1.82. The zero-order valence-corrected chi connectivity index (χ0v) is 6.99. The van der Waals surface area contributed by atoms with E-state index in [4.69, 9.17) is 24.9 Å². The fourth-order valence-corrected chi connectivity index (χ4v) is 0.362. The molecule has 0 aromatic carbocycles. The minimum absolute atomic E-state index is 0.355. The molecule has 3 N–H and O–H groups in total. The van der Waals surface area contributed by atoms with Gasteiger partial charge in [-0.25, -0.2) is 9.59 Å². The number of rotatable bonds is 3. The number of hydrogen-bond acceptors (Lipinski definition) is 3. The lowest BCUT2D eigenvalue weighted by Gasteiger charge is -1.85. The summed E-state index contributed by atoms with van der Waals surface area (Å²) in [5.74, 6) is -3.65. The third kappa shape index (κ3) is 16.0. The van der Waals surface area contributed by atoms with Crippen LogP contribution in [0.25, 0.3) is 0 Å². The van der Waals surface area contributed by atoms with Gasteiger partial charge in [0.05, 0.1) is 0 Å². The van der Waals surface area contributed by atoms with Gasteiger partial charge in [-0.2, -0.15) is 0 Å². The van der Waals surface area contributed by atoms with Crippen molar-refractivity contribution in [1.82, 2.24) is 0 Å². The molecule has 0 aromatic rings. The number of carboxylic acid groups (broad SMARTS) is 2. The third-order valence-corrected chi connectivity index (χ3v) is 0.945. The molecule has 0 aliphatic heterocycles. The van der Waals surface area contributed by atoms with Crippen LogP contribution < -0.4 is 0 Å². The van der Waals surface area contributed by atoms with Gasteiger partial charge in [0.2, 0.25) is 0 Å². The van der Waals surface area contributed by atoms with E-state index < -0.39 is 11.9 Å². The van der Waals surface area contributed by atoms with E-state index in [1.165, 1.54) is 6.42 Å². The van der Waals surface area contributed by atoms with Crippen LogP contribution in [-0.4, -0.2) is 33.9 Å². The van der Waals surface area contributed by atoms with Gasteiger partial charge in [0.1, 0.15) is 0 Å². The lowest BCUT2D eigenvalue weighted by atomic mass is 10.3. The van der Waals surface area contributed by atoms with Gasteiger partial charge >= 0.3 is 11.9 Å². The van der Waals surface area contributed by atoms with Crippen molar-refractivity contribution in [2.75, 3.05) is 6.61 Å². The fraction of sp³-hybridized carbons (Fsp3) is 0.714. The summed E-state index contributed by atoms with van der Waals surface area (Å²) in [5.41, 5.74) is 0. The first-order chi connectivity index (χ1) is 5.56. The zero-order valence-electron chi connectivity index (χ0n) is 6.99. The molecule has 0 unspecified atom stereocenters. The number of carbonyl (C=O) groups is 2. The van der Waals surface area contributed by atoms with Gasteiger partial charge in [-0.15, -0.1) is 0 Å². The molecule has 0 bridgehead atoms. The van der Waals surface area contributed by atoms with E-state index in [0.29, 0.717) is 6.61 Å². The van der Waals surface area contributed by atoms with Crippen LogP contribution in [0.2, 0.25) is 0 Å². The van der Waals surface area contributed by atoms with Crippen molar-refractivity contribution in [3.63, 3.8) is 0 Å². The molecule has 0 atom stereocenters. The van der Waals surface area contributed by atoms with Crippen LogP contribution in [0.4, 0.5) is 0 Å². The summed E-state index contributed by atoms with van der Waals surface area (Å²) in [7, 11) is 0. The maximum atomic E-state index is 9.10. The fourth-order valence-electron chi connectivity index (χ4n) is 0.362. The zero-order chi connectivity index (χ0) is 9.98. The van der Waals surface area contributed by atoms with E-state index in [-0.39, 0.29) is 0 Å². The summed E-state index contributed by atoms with van der Waals surface area (Å²) >= 11 is 0. The Bertz CT molecular complexity index is 116. The molecule has 0 heterocycles. The molecule has 0 rings (SSSR count). The van der Waals surface area contributed by atoms with Gasteiger partial charge in [-0.1, -0.05) is 19.8 Å². The standard InChI is InChI=1S/C5H12O.C2H2O4/c1-2-3-4-5-6;3-1(4)2(5)6/h6H,2-5H2,1H3;(H,3,4)(H,5,6). The molecule has 5 heteroatoms. The normalized spacial score (nSPS) is 8.17. The Labute approximate surface area is 70.6 Å². The molecule has 5 nitrogen and oxygen atoms in total. The number of aliphatic hydroxyl groups is 1. The van der Waals surface area contributed by atoms with Gasteiger partial charge in [0.25, 0.3) is 0 Å². The van der Waals surface area contributed by atoms with Gasteiger partial charge in [-0.05, 0) is 6.42 Å². The van der Waals surface area contributed by atoms with Crippen LogP contribution in [0.1, 0.15) is 26.2 Å². The van der Waals surface area contributed by atoms with Gasteiger partial charge in [0.15, 0.2) is 0 Å². The van der Waals surface area contributed by atoms with E-state index in [0.717, 1.165) is 12.8 Å². The molecule has 0 aromatic heterocycles. The molecule has 0 saturated carbocycles. The second-order valence-corrected chi connectivity index (χ2v) is 2.04. The molecular formula is C7H14O5. The quantitative estimate of drug-likeness (QED) is 0.427. The molecule has 72 valence electrons. The average molecular weight is 178 g/mol. The molecule has 0 spiro atoms. The second kappa shape index (κ2) is 9.90. The molecule has 0 amide bonds. The largest absolute Gasteiger partial charge is 0.473 e. The van der Waals surface area contributed by atoms with Crippen molar-refractivity contribution in [3.05, 3.63) is 0 Å². The first-order valence-corrected chi connectivity index (χ1v) is 3.63. The Morgan fingerprint density at radius 2 is 1.50 bits per heavy atom. The third-order valence-electron chi connectivity index (χ3n) is 0.945. The lowest BCUT2D eigenvalue weighted by molar-refractivity contribution is -0.159. The lowest BCUT2D eigenvalue weighted by Crippen LogP contribution is -2.09. The van der Waals surface area contributed by atoms with E-state index in [1.807, 2.05) is 0 Å². The number of hydrogen-bond donors (Lipinski definition) is 3. The summed E-state index contributed by atoms with van der Waals surface area (Å²) in [6.07, 6.45) is 3.33.